The Morgan fingerprint density at radius 1 is 1.21 bits per heavy atom. The van der Waals surface area contributed by atoms with Crippen LogP contribution in [0, 0.1) is 11.3 Å². The van der Waals surface area contributed by atoms with Gasteiger partial charge in [0.2, 0.25) is 5.91 Å². The minimum Gasteiger partial charge on any atom is -0.490 e. The number of carbonyl (C=O) groups is 2. The third-order valence-electron chi connectivity index (χ3n) is 4.44. The molecule has 1 fully saturated rings. The van der Waals surface area contributed by atoms with Gasteiger partial charge in [-0.15, -0.1) is 0 Å². The molecule has 0 saturated carbocycles. The number of halogens is 1. The molecular weight excluding hydrogens is 440 g/mol. The molecule has 29 heavy (non-hydrogen) atoms. The monoisotopic (exact) mass is 466 g/mol. The first kappa shape index (κ1) is 23.0. The number of nitriles is 1. The van der Waals surface area contributed by atoms with E-state index >= 15 is 0 Å². The highest BCUT2D eigenvalue weighted by Crippen LogP contribution is 2.36. The number of nitrogens with zero attached hydrogens (tertiary/aromatic N) is 3. The van der Waals surface area contributed by atoms with Gasteiger partial charge in [-0.1, -0.05) is 6.92 Å². The number of amides is 2. The topological polar surface area (TPSA) is 94.9 Å². The Hall–Kier alpha value is -2.31. The molecule has 0 unspecified atom stereocenters. The molecule has 1 N–H and O–H groups in total. The Kier molecular flexibility index (Phi) is 9.22. The molecule has 1 aromatic carbocycles. The van der Waals surface area contributed by atoms with Gasteiger partial charge in [-0.05, 0) is 35.3 Å². The predicted octanol–water partition coefficient (Wildman–Crippen LogP) is 1.77. The normalized spacial score (nSPS) is 14.2. The van der Waals surface area contributed by atoms with E-state index < -0.39 is 0 Å². The zero-order valence-corrected chi connectivity index (χ0v) is 18.5. The Bertz CT molecular complexity index is 758. The summed E-state index contributed by atoms with van der Waals surface area (Å²) >= 11 is 3.38. The van der Waals surface area contributed by atoms with Crippen LogP contribution in [0.4, 0.5) is 0 Å². The van der Waals surface area contributed by atoms with Gasteiger partial charge in [0.25, 0.3) is 5.91 Å². The average Bonchev–Trinajstić information content (AvgIpc) is 2.72. The van der Waals surface area contributed by atoms with Crippen molar-refractivity contribution in [1.29, 1.82) is 5.26 Å². The van der Waals surface area contributed by atoms with Gasteiger partial charge >= 0.3 is 0 Å². The SMILES string of the molecule is CCCNC(=O)CN1CCN(C(=O)COc2c(Br)cc(C#N)cc2OCC)CC1. The lowest BCUT2D eigenvalue weighted by Crippen LogP contribution is -2.52. The number of carbonyl (C=O) groups excluding carboxylic acids is 2. The van der Waals surface area contributed by atoms with E-state index in [9.17, 15) is 9.59 Å². The van der Waals surface area contributed by atoms with E-state index in [1.54, 1.807) is 17.0 Å². The highest BCUT2D eigenvalue weighted by Gasteiger charge is 2.23. The predicted molar refractivity (Wildman–Crippen MR) is 112 cm³/mol. The second kappa shape index (κ2) is 11.6. The van der Waals surface area contributed by atoms with Gasteiger partial charge in [0.05, 0.1) is 29.3 Å². The summed E-state index contributed by atoms with van der Waals surface area (Å²) in [6.07, 6.45) is 0.911. The standard InChI is InChI=1S/C20H27BrN4O4/c1-3-5-23-18(26)13-24-6-8-25(9-7-24)19(27)14-29-20-16(21)10-15(12-22)11-17(20)28-4-2/h10-11H,3-9,13-14H2,1-2H3,(H,23,26). The van der Waals surface area contributed by atoms with Gasteiger partial charge in [0.1, 0.15) is 0 Å². The first-order chi connectivity index (χ1) is 14.0. The molecule has 1 aromatic rings. The fourth-order valence-electron chi connectivity index (χ4n) is 2.94. The van der Waals surface area contributed by atoms with Crippen LogP contribution >= 0.6 is 15.9 Å². The zero-order chi connectivity index (χ0) is 21.2. The molecule has 1 aliphatic rings. The number of piperazine rings is 1. The Morgan fingerprint density at radius 3 is 2.55 bits per heavy atom. The maximum atomic E-state index is 12.5. The van der Waals surface area contributed by atoms with Gasteiger partial charge in [-0.25, -0.2) is 0 Å². The van der Waals surface area contributed by atoms with Crippen molar-refractivity contribution < 1.29 is 19.1 Å². The van der Waals surface area contributed by atoms with Gasteiger partial charge < -0.3 is 19.7 Å². The molecule has 1 aliphatic heterocycles. The second-order valence-corrected chi connectivity index (χ2v) is 7.48. The van der Waals surface area contributed by atoms with Crippen LogP contribution in [-0.4, -0.2) is 74.1 Å². The molecule has 0 aromatic heterocycles. The summed E-state index contributed by atoms with van der Waals surface area (Å²) in [6, 6.07) is 5.29. The van der Waals surface area contributed by atoms with Crippen LogP contribution in [0.25, 0.3) is 0 Å². The molecule has 1 saturated heterocycles. The van der Waals surface area contributed by atoms with Gasteiger partial charge in [-0.3, -0.25) is 14.5 Å². The third kappa shape index (κ3) is 6.91. The summed E-state index contributed by atoms with van der Waals surface area (Å²) in [5, 5.41) is 12.0. The van der Waals surface area contributed by atoms with E-state index in [-0.39, 0.29) is 18.4 Å². The lowest BCUT2D eigenvalue weighted by atomic mass is 10.2. The molecule has 0 spiro atoms. The fourth-order valence-corrected chi connectivity index (χ4v) is 3.50. The molecule has 2 rings (SSSR count). The molecule has 158 valence electrons. The minimum absolute atomic E-state index is 0.0177. The molecule has 9 heteroatoms. The smallest absolute Gasteiger partial charge is 0.260 e. The van der Waals surface area contributed by atoms with Crippen molar-refractivity contribution in [2.45, 2.75) is 20.3 Å². The van der Waals surface area contributed by atoms with Crippen molar-refractivity contribution in [3.8, 4) is 17.6 Å². The Morgan fingerprint density at radius 2 is 1.93 bits per heavy atom. The lowest BCUT2D eigenvalue weighted by molar-refractivity contribution is -0.135. The first-order valence-electron chi connectivity index (χ1n) is 9.74. The summed E-state index contributed by atoms with van der Waals surface area (Å²) in [7, 11) is 0. The molecule has 0 bridgehead atoms. The van der Waals surface area contributed by atoms with Gasteiger partial charge in [-0.2, -0.15) is 5.26 Å². The van der Waals surface area contributed by atoms with Crippen molar-refractivity contribution >= 4 is 27.7 Å². The second-order valence-electron chi connectivity index (χ2n) is 6.63. The maximum Gasteiger partial charge on any atom is 0.260 e. The van der Waals surface area contributed by atoms with E-state index in [4.69, 9.17) is 14.7 Å². The number of rotatable bonds is 9. The van der Waals surface area contributed by atoms with Crippen molar-refractivity contribution in [2.75, 3.05) is 52.5 Å². The number of benzene rings is 1. The highest BCUT2D eigenvalue weighted by atomic mass is 79.9. The van der Waals surface area contributed by atoms with Gasteiger partial charge in [0.15, 0.2) is 18.1 Å². The van der Waals surface area contributed by atoms with Crippen LogP contribution < -0.4 is 14.8 Å². The van der Waals surface area contributed by atoms with E-state index in [0.717, 1.165) is 6.42 Å². The Balaban J connectivity index is 1.86. The van der Waals surface area contributed by atoms with Crippen LogP contribution in [0.15, 0.2) is 16.6 Å². The van der Waals surface area contributed by atoms with E-state index in [0.29, 0.717) is 67.4 Å². The molecule has 0 aliphatic carbocycles. The van der Waals surface area contributed by atoms with Crippen LogP contribution in [-0.2, 0) is 9.59 Å². The van der Waals surface area contributed by atoms with Crippen LogP contribution in [0.2, 0.25) is 0 Å². The Labute approximate surface area is 179 Å². The summed E-state index contributed by atoms with van der Waals surface area (Å²) in [5.74, 6) is 0.724. The molecule has 0 radical (unpaired) electrons. The molecule has 1 heterocycles. The number of nitrogens with one attached hydrogen (secondary N) is 1. The highest BCUT2D eigenvalue weighted by molar-refractivity contribution is 9.10. The molecular formula is C20H27BrN4O4. The molecule has 0 atom stereocenters. The van der Waals surface area contributed by atoms with Crippen LogP contribution in [0.1, 0.15) is 25.8 Å². The minimum atomic E-state index is -0.126. The van der Waals surface area contributed by atoms with E-state index in [2.05, 4.69) is 27.3 Å². The molecule has 2 amide bonds. The number of hydrogen-bond acceptors (Lipinski definition) is 6. The molecule has 8 nitrogen and oxygen atoms in total. The third-order valence-corrected chi connectivity index (χ3v) is 5.03. The van der Waals surface area contributed by atoms with Crippen LogP contribution in [0.3, 0.4) is 0 Å². The number of ether oxygens (including phenoxy) is 2. The maximum absolute atomic E-state index is 12.5. The summed E-state index contributed by atoms with van der Waals surface area (Å²) in [4.78, 5) is 28.1. The first-order valence-corrected chi connectivity index (χ1v) is 10.5. The van der Waals surface area contributed by atoms with Crippen molar-refractivity contribution in [3.05, 3.63) is 22.2 Å². The quantitative estimate of drug-likeness (QED) is 0.595. The lowest BCUT2D eigenvalue weighted by Gasteiger charge is -2.34. The summed E-state index contributed by atoms with van der Waals surface area (Å²) in [5.41, 5.74) is 0.443. The van der Waals surface area contributed by atoms with Gasteiger partial charge in [0, 0.05) is 38.8 Å². The van der Waals surface area contributed by atoms with Crippen molar-refractivity contribution in [3.63, 3.8) is 0 Å². The van der Waals surface area contributed by atoms with E-state index in [1.165, 1.54) is 0 Å². The fraction of sp³-hybridized carbons (Fsp3) is 0.550. The van der Waals surface area contributed by atoms with Crippen molar-refractivity contribution in [1.82, 2.24) is 15.1 Å². The van der Waals surface area contributed by atoms with Crippen LogP contribution in [0.5, 0.6) is 11.5 Å². The summed E-state index contributed by atoms with van der Waals surface area (Å²) < 4.78 is 11.8. The largest absolute Gasteiger partial charge is 0.490 e. The zero-order valence-electron chi connectivity index (χ0n) is 16.9. The van der Waals surface area contributed by atoms with E-state index in [1.807, 2.05) is 18.7 Å². The number of hydrogen-bond donors (Lipinski definition) is 1. The summed E-state index contributed by atoms with van der Waals surface area (Å²) in [6.45, 7) is 7.58. The van der Waals surface area contributed by atoms with Crippen molar-refractivity contribution in [2.24, 2.45) is 0 Å². The average molecular weight is 467 g/mol.